The van der Waals surface area contributed by atoms with Crippen LogP contribution in [0.5, 0.6) is 0 Å². The smallest absolute Gasteiger partial charge is 0.306 e. The number of ether oxygens (including phenoxy) is 1. The van der Waals surface area contributed by atoms with Crippen LogP contribution in [0.2, 0.25) is 0 Å². The number of halogens is 1. The molecule has 0 fully saturated rings. The summed E-state index contributed by atoms with van der Waals surface area (Å²) < 4.78 is 31.2. The number of hydrogen-bond acceptors (Lipinski definition) is 5. The van der Waals surface area contributed by atoms with Crippen LogP contribution in [0, 0.1) is 0 Å². The lowest BCUT2D eigenvalue weighted by Crippen LogP contribution is -2.49. The van der Waals surface area contributed by atoms with Gasteiger partial charge in [0.1, 0.15) is 0 Å². The van der Waals surface area contributed by atoms with Crippen molar-refractivity contribution in [2.75, 3.05) is 27.2 Å². The summed E-state index contributed by atoms with van der Waals surface area (Å²) in [5, 5.41) is 0. The molecule has 0 bridgehead atoms. The van der Waals surface area contributed by atoms with Gasteiger partial charge in [-0.05, 0) is 13.8 Å². The summed E-state index contributed by atoms with van der Waals surface area (Å²) in [6.07, 6.45) is 0.0138. The standard InChI is InChI=1S/C9H21N3O4S.ClH/c1-9(2,10)7-11-17(14,15)12(3)6-5-8(13)16-4;/h11H,5-7,10H2,1-4H3;1H. The molecule has 0 aromatic heterocycles. The van der Waals surface area contributed by atoms with Gasteiger partial charge in [-0.2, -0.15) is 12.7 Å². The van der Waals surface area contributed by atoms with Crippen molar-refractivity contribution in [3.05, 3.63) is 0 Å². The molecule has 0 aliphatic heterocycles. The third kappa shape index (κ3) is 8.65. The van der Waals surface area contributed by atoms with E-state index in [2.05, 4.69) is 9.46 Å². The predicted molar refractivity (Wildman–Crippen MR) is 71.7 cm³/mol. The van der Waals surface area contributed by atoms with Gasteiger partial charge < -0.3 is 10.5 Å². The minimum atomic E-state index is -3.60. The molecule has 0 rings (SSSR count). The zero-order chi connectivity index (χ0) is 13.7. The summed E-state index contributed by atoms with van der Waals surface area (Å²) in [6, 6.07) is 0. The van der Waals surface area contributed by atoms with Crippen LogP contribution >= 0.6 is 12.4 Å². The van der Waals surface area contributed by atoms with E-state index in [1.54, 1.807) is 13.8 Å². The molecule has 0 heterocycles. The van der Waals surface area contributed by atoms with Gasteiger partial charge >= 0.3 is 5.97 Å². The number of rotatable bonds is 7. The average molecular weight is 304 g/mol. The Hall–Kier alpha value is -0.410. The monoisotopic (exact) mass is 303 g/mol. The van der Waals surface area contributed by atoms with Gasteiger partial charge in [-0.25, -0.2) is 4.72 Å². The van der Waals surface area contributed by atoms with Gasteiger partial charge in [-0.15, -0.1) is 12.4 Å². The summed E-state index contributed by atoms with van der Waals surface area (Å²) in [5.74, 6) is -0.453. The minimum Gasteiger partial charge on any atom is -0.469 e. The van der Waals surface area contributed by atoms with Gasteiger partial charge in [-0.3, -0.25) is 4.79 Å². The maximum Gasteiger partial charge on any atom is 0.306 e. The highest BCUT2D eigenvalue weighted by Crippen LogP contribution is 2.00. The molecule has 18 heavy (non-hydrogen) atoms. The summed E-state index contributed by atoms with van der Waals surface area (Å²) in [5.41, 5.74) is 5.04. The predicted octanol–water partition coefficient (Wildman–Crippen LogP) is -0.525. The number of nitrogens with zero attached hydrogens (tertiary/aromatic N) is 1. The van der Waals surface area contributed by atoms with Crippen LogP contribution in [0.25, 0.3) is 0 Å². The van der Waals surface area contributed by atoms with Crippen molar-refractivity contribution in [3.63, 3.8) is 0 Å². The molecule has 0 aliphatic carbocycles. The molecule has 0 unspecified atom stereocenters. The van der Waals surface area contributed by atoms with E-state index in [-0.39, 0.29) is 31.9 Å². The second-order valence-corrected chi connectivity index (χ2v) is 6.32. The number of carbonyl (C=O) groups excluding carboxylic acids is 1. The SMILES string of the molecule is COC(=O)CCN(C)S(=O)(=O)NCC(C)(C)N.Cl. The van der Waals surface area contributed by atoms with Crippen LogP contribution in [0.15, 0.2) is 0 Å². The second-order valence-electron chi connectivity index (χ2n) is 4.46. The largest absolute Gasteiger partial charge is 0.469 e. The first-order valence-electron chi connectivity index (χ1n) is 5.15. The van der Waals surface area contributed by atoms with Crippen LogP contribution in [-0.2, 0) is 19.7 Å². The van der Waals surface area contributed by atoms with Crippen LogP contribution in [0.3, 0.4) is 0 Å². The third-order valence-electron chi connectivity index (χ3n) is 1.98. The number of nitrogens with two attached hydrogens (primary N) is 1. The summed E-state index contributed by atoms with van der Waals surface area (Å²) >= 11 is 0. The molecule has 0 aliphatic rings. The topological polar surface area (TPSA) is 102 Å². The number of nitrogens with one attached hydrogen (secondary N) is 1. The zero-order valence-corrected chi connectivity index (χ0v) is 12.7. The minimum absolute atomic E-state index is 0. The number of hydrogen-bond donors (Lipinski definition) is 2. The summed E-state index contributed by atoms with van der Waals surface area (Å²) in [4.78, 5) is 10.9. The molecule has 7 nitrogen and oxygen atoms in total. The fourth-order valence-corrected chi connectivity index (χ4v) is 1.96. The quantitative estimate of drug-likeness (QED) is 0.616. The van der Waals surface area contributed by atoms with E-state index in [1.807, 2.05) is 0 Å². The Morgan fingerprint density at radius 3 is 2.33 bits per heavy atom. The van der Waals surface area contributed by atoms with E-state index in [9.17, 15) is 13.2 Å². The number of esters is 1. The Morgan fingerprint density at radius 1 is 1.44 bits per heavy atom. The van der Waals surface area contributed by atoms with Crippen LogP contribution in [0.1, 0.15) is 20.3 Å². The fourth-order valence-electron chi connectivity index (χ4n) is 0.858. The van der Waals surface area contributed by atoms with E-state index in [1.165, 1.54) is 14.2 Å². The molecule has 3 N–H and O–H groups in total. The molecule has 0 saturated heterocycles. The number of methoxy groups -OCH3 is 1. The van der Waals surface area contributed by atoms with Gasteiger partial charge in [0.05, 0.1) is 13.5 Å². The van der Waals surface area contributed by atoms with Gasteiger partial charge in [-0.1, -0.05) is 0 Å². The Kier molecular flexibility index (Phi) is 8.74. The highest BCUT2D eigenvalue weighted by atomic mass is 35.5. The Morgan fingerprint density at radius 2 is 1.94 bits per heavy atom. The summed E-state index contributed by atoms with van der Waals surface area (Å²) in [6.45, 7) is 3.61. The van der Waals surface area contributed by atoms with Crippen molar-refractivity contribution in [1.29, 1.82) is 0 Å². The molecule has 0 atom stereocenters. The van der Waals surface area contributed by atoms with Crippen molar-refractivity contribution in [2.45, 2.75) is 25.8 Å². The average Bonchev–Trinajstić information content (AvgIpc) is 2.21. The molecule has 9 heteroatoms. The first kappa shape index (κ1) is 19.9. The molecular weight excluding hydrogens is 282 g/mol. The third-order valence-corrected chi connectivity index (χ3v) is 3.49. The van der Waals surface area contributed by atoms with E-state index in [0.29, 0.717) is 0 Å². The van der Waals surface area contributed by atoms with Crippen molar-refractivity contribution in [3.8, 4) is 0 Å². The maximum atomic E-state index is 11.7. The van der Waals surface area contributed by atoms with E-state index < -0.39 is 21.7 Å². The lowest BCUT2D eigenvalue weighted by atomic mass is 10.1. The molecule has 0 spiro atoms. The van der Waals surface area contributed by atoms with Gasteiger partial charge in [0, 0.05) is 25.7 Å². The summed E-state index contributed by atoms with van der Waals surface area (Å²) in [7, 11) is -0.962. The van der Waals surface area contributed by atoms with E-state index >= 15 is 0 Å². The highest BCUT2D eigenvalue weighted by Gasteiger charge is 2.21. The van der Waals surface area contributed by atoms with Crippen molar-refractivity contribution >= 4 is 28.6 Å². The van der Waals surface area contributed by atoms with Crippen LogP contribution in [-0.4, -0.2) is 51.5 Å². The first-order chi connectivity index (χ1) is 7.58. The Bertz CT molecular complexity index is 353. The molecule has 0 saturated carbocycles. The molecule has 0 radical (unpaired) electrons. The first-order valence-corrected chi connectivity index (χ1v) is 6.59. The fraction of sp³-hybridized carbons (Fsp3) is 0.889. The lowest BCUT2D eigenvalue weighted by molar-refractivity contribution is -0.140. The molecule has 110 valence electrons. The normalized spacial score (nSPS) is 12.1. The molecule has 0 aromatic rings. The molecule has 0 amide bonds. The van der Waals surface area contributed by atoms with Crippen molar-refractivity contribution < 1.29 is 17.9 Å². The molecule has 0 aromatic carbocycles. The lowest BCUT2D eigenvalue weighted by Gasteiger charge is -2.22. The van der Waals surface area contributed by atoms with Crippen LogP contribution in [0.4, 0.5) is 0 Å². The van der Waals surface area contributed by atoms with Crippen LogP contribution < -0.4 is 10.5 Å². The Balaban J connectivity index is 0. The van der Waals surface area contributed by atoms with Gasteiger partial charge in [0.25, 0.3) is 10.2 Å². The number of carbonyl (C=O) groups is 1. The second kappa shape index (κ2) is 7.90. The maximum absolute atomic E-state index is 11.7. The zero-order valence-electron chi connectivity index (χ0n) is 11.1. The molecular formula is C9H22ClN3O4S. The Labute approximate surface area is 115 Å². The van der Waals surface area contributed by atoms with E-state index in [0.717, 1.165) is 4.31 Å². The van der Waals surface area contributed by atoms with Crippen molar-refractivity contribution in [2.24, 2.45) is 5.73 Å². The van der Waals surface area contributed by atoms with E-state index in [4.69, 9.17) is 5.73 Å². The van der Waals surface area contributed by atoms with Gasteiger partial charge in [0.2, 0.25) is 0 Å². The van der Waals surface area contributed by atoms with Gasteiger partial charge in [0.15, 0.2) is 0 Å². The van der Waals surface area contributed by atoms with Crippen molar-refractivity contribution in [1.82, 2.24) is 9.03 Å². The highest BCUT2D eigenvalue weighted by molar-refractivity contribution is 7.87.